The van der Waals surface area contributed by atoms with Gasteiger partial charge in [0.2, 0.25) is 5.91 Å². The van der Waals surface area contributed by atoms with Crippen molar-refractivity contribution in [2.45, 2.75) is 51.7 Å². The summed E-state index contributed by atoms with van der Waals surface area (Å²) in [7, 11) is 0. The molecule has 0 bridgehead atoms. The topological polar surface area (TPSA) is 119 Å². The van der Waals surface area contributed by atoms with Gasteiger partial charge in [-0.15, -0.1) is 0 Å². The van der Waals surface area contributed by atoms with Gasteiger partial charge in [0.1, 0.15) is 0 Å². The fraction of sp³-hybridized carbons (Fsp3) is 0.750. The van der Waals surface area contributed by atoms with Crippen molar-refractivity contribution in [2.24, 2.45) is 23.7 Å². The van der Waals surface area contributed by atoms with Crippen LogP contribution in [0.15, 0.2) is 0 Å². The molecule has 3 aliphatic rings. The van der Waals surface area contributed by atoms with Crippen LogP contribution in [0.5, 0.6) is 0 Å². The number of hydrogen-bond donors (Lipinski definition) is 4. The maximum absolute atomic E-state index is 13.1. The summed E-state index contributed by atoms with van der Waals surface area (Å²) in [4.78, 5) is 27.6. The van der Waals surface area contributed by atoms with E-state index in [0.29, 0.717) is 25.3 Å². The number of amides is 2. The van der Waals surface area contributed by atoms with Crippen molar-refractivity contribution >= 4 is 11.8 Å². The lowest BCUT2D eigenvalue weighted by Gasteiger charge is -2.43. The number of nitrogens with one attached hydrogen (secondary N) is 2. The number of aliphatic hydroxyl groups excluding tert-OH is 2. The highest BCUT2D eigenvalue weighted by molar-refractivity contribution is 5.94. The van der Waals surface area contributed by atoms with E-state index in [1.807, 2.05) is 13.8 Å². The summed E-state index contributed by atoms with van der Waals surface area (Å²) in [5.74, 6) is -1.49. The number of hydrogen-bond acceptors (Lipinski definition) is 5. The maximum atomic E-state index is 13.1. The van der Waals surface area contributed by atoms with Crippen LogP contribution in [0.4, 0.5) is 0 Å². The zero-order valence-corrected chi connectivity index (χ0v) is 16.5. The standard InChI is InChI=1S/C20H30N4O4/c1-3-7-21-19(27)15-10(2)17(25)18(26)13-9-24(8-12(13)15)20(28)16-11-5-4-6-14(11)22-23-16/h10,12-13,15,17-18,25-26H,3-9H2,1-2H3,(H,21,27)(H,22,23)/t10-,12+,13+,15+,17+,18+/m1/s1. The van der Waals surface area contributed by atoms with Crippen LogP contribution in [-0.4, -0.2) is 69.0 Å². The molecule has 2 amide bonds. The Morgan fingerprint density at radius 3 is 2.71 bits per heavy atom. The summed E-state index contributed by atoms with van der Waals surface area (Å²) in [6.45, 7) is 5.13. The molecule has 4 N–H and O–H groups in total. The molecule has 6 atom stereocenters. The number of fused-ring (bicyclic) bond motifs is 2. The Kier molecular flexibility index (Phi) is 5.18. The minimum atomic E-state index is -0.969. The van der Waals surface area contributed by atoms with Gasteiger partial charge < -0.3 is 20.4 Å². The van der Waals surface area contributed by atoms with E-state index in [4.69, 9.17) is 0 Å². The Bertz CT molecular complexity index is 763. The van der Waals surface area contributed by atoms with E-state index in [9.17, 15) is 19.8 Å². The highest BCUT2D eigenvalue weighted by atomic mass is 16.3. The highest BCUT2D eigenvalue weighted by Gasteiger charge is 2.54. The van der Waals surface area contributed by atoms with Gasteiger partial charge >= 0.3 is 0 Å². The molecule has 4 rings (SSSR count). The van der Waals surface area contributed by atoms with Gasteiger partial charge in [0.05, 0.1) is 12.2 Å². The van der Waals surface area contributed by atoms with Gasteiger partial charge in [0.25, 0.3) is 5.91 Å². The van der Waals surface area contributed by atoms with Crippen molar-refractivity contribution in [1.82, 2.24) is 20.4 Å². The Morgan fingerprint density at radius 2 is 1.96 bits per heavy atom. The Hall–Kier alpha value is -1.93. The molecule has 154 valence electrons. The van der Waals surface area contributed by atoms with E-state index in [1.165, 1.54) is 0 Å². The fourth-order valence-corrected chi connectivity index (χ4v) is 5.37. The third-order valence-electron chi connectivity index (χ3n) is 6.92. The summed E-state index contributed by atoms with van der Waals surface area (Å²) in [5, 5.41) is 31.3. The number of carbonyl (C=O) groups is 2. The van der Waals surface area contributed by atoms with Gasteiger partial charge in [-0.1, -0.05) is 13.8 Å². The van der Waals surface area contributed by atoms with Gasteiger partial charge in [0.15, 0.2) is 5.69 Å². The van der Waals surface area contributed by atoms with E-state index >= 15 is 0 Å². The van der Waals surface area contributed by atoms with Crippen LogP contribution in [0.3, 0.4) is 0 Å². The molecule has 8 nitrogen and oxygen atoms in total. The number of rotatable bonds is 4. The molecular formula is C20H30N4O4. The molecule has 1 saturated carbocycles. The zero-order valence-electron chi connectivity index (χ0n) is 16.5. The van der Waals surface area contributed by atoms with Crippen LogP contribution < -0.4 is 5.32 Å². The molecule has 1 aromatic heterocycles. The Labute approximate surface area is 164 Å². The van der Waals surface area contributed by atoms with Gasteiger partial charge in [-0.05, 0) is 37.5 Å². The van der Waals surface area contributed by atoms with Crippen LogP contribution >= 0.6 is 0 Å². The summed E-state index contributed by atoms with van der Waals surface area (Å²) in [6.07, 6.45) is 1.73. The molecule has 0 spiro atoms. The molecule has 2 aliphatic carbocycles. The number of H-pyrrole nitrogens is 1. The van der Waals surface area contributed by atoms with Gasteiger partial charge in [-0.2, -0.15) is 5.10 Å². The number of likely N-dealkylation sites (tertiary alicyclic amines) is 1. The van der Waals surface area contributed by atoms with Crippen LogP contribution in [0, 0.1) is 23.7 Å². The molecule has 2 heterocycles. The van der Waals surface area contributed by atoms with E-state index < -0.39 is 18.1 Å². The smallest absolute Gasteiger partial charge is 0.274 e. The van der Waals surface area contributed by atoms with Crippen LogP contribution in [-0.2, 0) is 17.6 Å². The van der Waals surface area contributed by atoms with Crippen molar-refractivity contribution in [3.05, 3.63) is 17.0 Å². The lowest BCUT2D eigenvalue weighted by atomic mass is 9.65. The average molecular weight is 390 g/mol. The largest absolute Gasteiger partial charge is 0.390 e. The normalized spacial score (nSPS) is 34.2. The molecular weight excluding hydrogens is 360 g/mol. The second kappa shape index (κ2) is 7.48. The van der Waals surface area contributed by atoms with Gasteiger partial charge in [0, 0.05) is 42.7 Å². The van der Waals surface area contributed by atoms with Crippen molar-refractivity contribution < 1.29 is 19.8 Å². The van der Waals surface area contributed by atoms with Crippen molar-refractivity contribution in [3.63, 3.8) is 0 Å². The van der Waals surface area contributed by atoms with Gasteiger partial charge in [-0.3, -0.25) is 14.7 Å². The average Bonchev–Trinajstić information content (AvgIpc) is 3.39. The minimum Gasteiger partial charge on any atom is -0.390 e. The van der Waals surface area contributed by atoms with Crippen molar-refractivity contribution in [2.75, 3.05) is 19.6 Å². The molecule has 1 saturated heterocycles. The lowest BCUT2D eigenvalue weighted by Crippen LogP contribution is -2.55. The summed E-state index contributed by atoms with van der Waals surface area (Å²) >= 11 is 0. The van der Waals surface area contributed by atoms with E-state index in [-0.39, 0.29) is 29.6 Å². The van der Waals surface area contributed by atoms with E-state index in [0.717, 1.165) is 36.9 Å². The predicted octanol–water partition coefficient (Wildman–Crippen LogP) is 0.101. The molecule has 0 aromatic carbocycles. The molecule has 1 aliphatic heterocycles. The van der Waals surface area contributed by atoms with Crippen LogP contribution in [0.2, 0.25) is 0 Å². The van der Waals surface area contributed by atoms with Crippen LogP contribution in [0.1, 0.15) is 48.4 Å². The summed E-state index contributed by atoms with van der Waals surface area (Å²) < 4.78 is 0. The molecule has 28 heavy (non-hydrogen) atoms. The number of nitrogens with zero attached hydrogens (tertiary/aromatic N) is 2. The third kappa shape index (κ3) is 3.03. The first-order chi connectivity index (χ1) is 13.4. The first-order valence-corrected chi connectivity index (χ1v) is 10.4. The van der Waals surface area contributed by atoms with Gasteiger partial charge in [-0.25, -0.2) is 0 Å². The highest BCUT2D eigenvalue weighted by Crippen LogP contribution is 2.44. The van der Waals surface area contributed by atoms with Crippen molar-refractivity contribution in [1.29, 1.82) is 0 Å². The first-order valence-electron chi connectivity index (χ1n) is 10.4. The quantitative estimate of drug-likeness (QED) is 0.582. The Morgan fingerprint density at radius 1 is 1.21 bits per heavy atom. The molecule has 0 radical (unpaired) electrons. The number of aryl methyl sites for hydroxylation is 1. The first kappa shape index (κ1) is 19.4. The monoisotopic (exact) mass is 390 g/mol. The van der Waals surface area contributed by atoms with E-state index in [1.54, 1.807) is 4.90 Å². The van der Waals surface area contributed by atoms with Crippen molar-refractivity contribution in [3.8, 4) is 0 Å². The second-order valence-electron chi connectivity index (χ2n) is 8.58. The summed E-state index contributed by atoms with van der Waals surface area (Å²) in [5.41, 5.74) is 2.52. The third-order valence-corrected chi connectivity index (χ3v) is 6.92. The molecule has 8 heteroatoms. The molecule has 0 unspecified atom stereocenters. The Balaban J connectivity index is 1.56. The van der Waals surface area contributed by atoms with E-state index in [2.05, 4.69) is 15.5 Å². The molecule has 2 fully saturated rings. The number of carbonyl (C=O) groups excluding carboxylic acids is 2. The number of aromatic nitrogens is 2. The van der Waals surface area contributed by atoms with Crippen LogP contribution in [0.25, 0.3) is 0 Å². The zero-order chi connectivity index (χ0) is 20.0. The SMILES string of the molecule is CCCNC(=O)[C@H]1[C@@H](C)[C@H](O)[C@@H](O)[C@H]2CN(C(=O)c3n[nH]c4c3CCC4)C[C@@H]21. The summed E-state index contributed by atoms with van der Waals surface area (Å²) in [6, 6.07) is 0. The second-order valence-corrected chi connectivity index (χ2v) is 8.58. The maximum Gasteiger partial charge on any atom is 0.274 e. The molecule has 1 aromatic rings. The lowest BCUT2D eigenvalue weighted by molar-refractivity contribution is -0.145. The fourth-order valence-electron chi connectivity index (χ4n) is 5.37. The minimum absolute atomic E-state index is 0.0924. The number of aliphatic hydroxyl groups is 2. The predicted molar refractivity (Wildman–Crippen MR) is 101 cm³/mol. The number of aromatic amines is 1.